The predicted octanol–water partition coefficient (Wildman–Crippen LogP) is 2.38. The van der Waals surface area contributed by atoms with Gasteiger partial charge in [-0.15, -0.1) is 0 Å². The van der Waals surface area contributed by atoms with E-state index in [2.05, 4.69) is 41.2 Å². The van der Waals surface area contributed by atoms with Gasteiger partial charge in [0.15, 0.2) is 17.3 Å². The van der Waals surface area contributed by atoms with Gasteiger partial charge in [0.2, 0.25) is 5.91 Å². The molecule has 1 aliphatic heterocycles. The number of rotatable bonds is 7. The Morgan fingerprint density at radius 1 is 1.23 bits per heavy atom. The molecule has 9 nitrogen and oxygen atoms in total. The second-order valence-corrected chi connectivity index (χ2v) is 8.15. The molecule has 2 aromatic rings. The minimum atomic E-state index is -1.02. The number of nitrogens with zero attached hydrogens (tertiary/aromatic N) is 2. The van der Waals surface area contributed by atoms with Crippen molar-refractivity contribution in [2.75, 3.05) is 40.0 Å². The Hall–Kier alpha value is -2.89. The molecule has 0 bridgehead atoms. The smallest absolute Gasteiger partial charge is 0.272 e. The van der Waals surface area contributed by atoms with Crippen LogP contribution in [0.3, 0.4) is 0 Å². The molecule has 2 heterocycles. The minimum absolute atomic E-state index is 0.0596. The van der Waals surface area contributed by atoms with Crippen molar-refractivity contribution in [3.8, 4) is 5.69 Å². The number of amides is 2. The lowest BCUT2D eigenvalue weighted by atomic mass is 10.1. The Balaban J connectivity index is 0.000000668. The molecule has 3 rings (SSSR count). The summed E-state index contributed by atoms with van der Waals surface area (Å²) in [6.45, 7) is 9.43. The molecule has 196 valence electrons. The van der Waals surface area contributed by atoms with Gasteiger partial charge in [0, 0.05) is 38.3 Å². The zero-order chi connectivity index (χ0) is 26.4. The molecular weight excluding hydrogens is 462 g/mol. The number of aliphatic hydroxyl groups is 1. The van der Waals surface area contributed by atoms with Gasteiger partial charge in [0.1, 0.15) is 0 Å². The molecule has 0 aliphatic carbocycles. The molecule has 1 aliphatic rings. The molecule has 0 atom stereocenters. The highest BCUT2D eigenvalue weighted by atomic mass is 19.2. The maximum atomic E-state index is 13.6. The number of aliphatic hydroxyl groups excluding tert-OH is 1. The second-order valence-electron chi connectivity index (χ2n) is 8.15. The summed E-state index contributed by atoms with van der Waals surface area (Å²) in [5.74, 6) is -2.20. The van der Waals surface area contributed by atoms with Crippen LogP contribution in [0.1, 0.15) is 49.4 Å². The van der Waals surface area contributed by atoms with Crippen LogP contribution in [0.25, 0.3) is 5.69 Å². The number of methoxy groups -OCH3 is 1. The van der Waals surface area contributed by atoms with Crippen molar-refractivity contribution in [2.24, 2.45) is 5.92 Å². The fraction of sp³-hybridized carbons (Fsp3) is 0.542. The number of fused-ring (bicyclic) bond motifs is 1. The number of carbonyl (C=O) groups is 2. The molecule has 1 aromatic heterocycles. The highest BCUT2D eigenvalue weighted by Gasteiger charge is 2.26. The lowest BCUT2D eigenvalue weighted by Crippen LogP contribution is -2.38. The molecule has 35 heavy (non-hydrogen) atoms. The van der Waals surface area contributed by atoms with Crippen molar-refractivity contribution < 1.29 is 33.0 Å². The molecule has 2 amide bonds. The van der Waals surface area contributed by atoms with Crippen molar-refractivity contribution in [1.82, 2.24) is 20.4 Å². The van der Waals surface area contributed by atoms with Gasteiger partial charge in [-0.2, -0.15) is 5.10 Å². The third-order valence-electron chi connectivity index (χ3n) is 4.31. The fourth-order valence-corrected chi connectivity index (χ4v) is 2.75. The highest BCUT2D eigenvalue weighted by molar-refractivity contribution is 5.96. The third kappa shape index (κ3) is 10.1. The van der Waals surface area contributed by atoms with Crippen LogP contribution in [0, 0.1) is 17.6 Å². The van der Waals surface area contributed by atoms with E-state index in [1.807, 2.05) is 6.92 Å². The first kappa shape index (κ1) is 30.1. The first-order valence-corrected chi connectivity index (χ1v) is 11.4. The van der Waals surface area contributed by atoms with Crippen LogP contribution in [0.4, 0.5) is 8.78 Å². The lowest BCUT2D eigenvalue weighted by molar-refractivity contribution is -0.120. The molecule has 0 fully saturated rings. The number of aromatic nitrogens is 2. The number of ether oxygens (including phenoxy) is 2. The highest BCUT2D eigenvalue weighted by Crippen LogP contribution is 2.24. The third-order valence-corrected chi connectivity index (χ3v) is 4.31. The van der Waals surface area contributed by atoms with E-state index < -0.39 is 23.4 Å². The zero-order valence-electron chi connectivity index (χ0n) is 21.0. The summed E-state index contributed by atoms with van der Waals surface area (Å²) in [5, 5.41) is 17.8. The molecular formula is C24H36F2N4O5. The SMILES string of the molecule is CC(C)C.CCOC.O=C(CNC(=O)c1nn(-c2ccc(F)c(F)c2)c2c1COCC2)NCCO. The fourth-order valence-electron chi connectivity index (χ4n) is 2.75. The number of halogens is 2. The zero-order valence-corrected chi connectivity index (χ0v) is 21.0. The Bertz CT molecular complexity index is 945. The number of nitrogens with one attached hydrogen (secondary N) is 2. The summed E-state index contributed by atoms with van der Waals surface area (Å²) in [7, 11) is 1.68. The van der Waals surface area contributed by atoms with Gasteiger partial charge in [0.05, 0.1) is 37.7 Å². The van der Waals surface area contributed by atoms with Gasteiger partial charge in [0.25, 0.3) is 5.91 Å². The van der Waals surface area contributed by atoms with Crippen LogP contribution < -0.4 is 10.6 Å². The van der Waals surface area contributed by atoms with E-state index in [4.69, 9.17) is 9.84 Å². The standard InChI is InChI=1S/C17H18F2N4O4.C4H10.C3H8O/c18-12-2-1-10(7-13(12)19)23-14-3-6-27-9-11(14)16(22-23)17(26)21-8-15(25)20-4-5-24;1-4(2)3;1-3-4-2/h1-2,7,24H,3-6,8-9H2,(H,20,25)(H,21,26);4H,1-3H3;3H2,1-2H3. The van der Waals surface area contributed by atoms with E-state index in [1.165, 1.54) is 10.7 Å². The molecule has 0 saturated heterocycles. The molecule has 0 spiro atoms. The Morgan fingerprint density at radius 2 is 1.89 bits per heavy atom. The second kappa shape index (κ2) is 15.9. The molecule has 1 aromatic carbocycles. The number of carbonyl (C=O) groups excluding carboxylic acids is 2. The summed E-state index contributed by atoms with van der Waals surface area (Å²) in [5.41, 5.74) is 1.55. The topological polar surface area (TPSA) is 115 Å². The molecule has 0 saturated carbocycles. The van der Waals surface area contributed by atoms with Crippen molar-refractivity contribution >= 4 is 11.8 Å². The van der Waals surface area contributed by atoms with Crippen molar-refractivity contribution in [3.05, 3.63) is 46.8 Å². The van der Waals surface area contributed by atoms with E-state index in [0.717, 1.165) is 24.7 Å². The van der Waals surface area contributed by atoms with E-state index in [0.29, 0.717) is 24.3 Å². The minimum Gasteiger partial charge on any atom is -0.395 e. The van der Waals surface area contributed by atoms with E-state index in [-0.39, 0.29) is 37.7 Å². The summed E-state index contributed by atoms with van der Waals surface area (Å²) in [6, 6.07) is 3.36. The summed E-state index contributed by atoms with van der Waals surface area (Å²) >= 11 is 0. The van der Waals surface area contributed by atoms with Gasteiger partial charge in [-0.1, -0.05) is 20.8 Å². The largest absolute Gasteiger partial charge is 0.395 e. The van der Waals surface area contributed by atoms with E-state index in [9.17, 15) is 18.4 Å². The molecule has 3 N–H and O–H groups in total. The van der Waals surface area contributed by atoms with Gasteiger partial charge in [-0.25, -0.2) is 13.5 Å². The Kier molecular flexibility index (Phi) is 13.7. The van der Waals surface area contributed by atoms with Gasteiger partial charge < -0.3 is 25.2 Å². The Morgan fingerprint density at radius 3 is 2.46 bits per heavy atom. The number of hydrogen-bond donors (Lipinski definition) is 3. The van der Waals surface area contributed by atoms with Crippen molar-refractivity contribution in [1.29, 1.82) is 0 Å². The van der Waals surface area contributed by atoms with E-state index in [1.54, 1.807) is 7.11 Å². The molecule has 11 heteroatoms. The van der Waals surface area contributed by atoms with Crippen molar-refractivity contribution in [2.45, 2.75) is 40.7 Å². The lowest BCUT2D eigenvalue weighted by Gasteiger charge is -2.15. The number of benzene rings is 1. The first-order valence-electron chi connectivity index (χ1n) is 11.4. The average Bonchev–Trinajstić information content (AvgIpc) is 3.22. The summed E-state index contributed by atoms with van der Waals surface area (Å²) in [4.78, 5) is 24.0. The number of hydrogen-bond acceptors (Lipinski definition) is 6. The van der Waals surface area contributed by atoms with Crippen LogP contribution in [0.15, 0.2) is 18.2 Å². The van der Waals surface area contributed by atoms with Crippen LogP contribution in [0.5, 0.6) is 0 Å². The molecule has 0 unspecified atom stereocenters. The van der Waals surface area contributed by atoms with E-state index >= 15 is 0 Å². The van der Waals surface area contributed by atoms with Gasteiger partial charge in [-0.05, 0) is 25.0 Å². The van der Waals surface area contributed by atoms with Crippen LogP contribution in [0.2, 0.25) is 0 Å². The monoisotopic (exact) mass is 498 g/mol. The maximum Gasteiger partial charge on any atom is 0.272 e. The normalized spacial score (nSPS) is 12.0. The Labute approximate surface area is 204 Å². The summed E-state index contributed by atoms with van der Waals surface area (Å²) in [6.07, 6.45) is 0.450. The first-order chi connectivity index (χ1) is 16.7. The quantitative estimate of drug-likeness (QED) is 0.540. The van der Waals surface area contributed by atoms with Gasteiger partial charge in [-0.3, -0.25) is 9.59 Å². The summed E-state index contributed by atoms with van der Waals surface area (Å²) < 4.78 is 38.1. The predicted molar refractivity (Wildman–Crippen MR) is 127 cm³/mol. The average molecular weight is 499 g/mol. The maximum absolute atomic E-state index is 13.6. The van der Waals surface area contributed by atoms with Crippen LogP contribution in [-0.2, 0) is 27.3 Å². The van der Waals surface area contributed by atoms with Crippen molar-refractivity contribution in [3.63, 3.8) is 0 Å². The van der Waals surface area contributed by atoms with Gasteiger partial charge >= 0.3 is 0 Å². The molecule has 0 radical (unpaired) electrons. The van der Waals surface area contributed by atoms with Crippen LogP contribution in [-0.4, -0.2) is 66.7 Å². The van der Waals surface area contributed by atoms with Crippen LogP contribution >= 0.6 is 0 Å².